The Morgan fingerprint density at radius 1 is 1.35 bits per heavy atom. The third kappa shape index (κ3) is 2.99. The van der Waals surface area contributed by atoms with Crippen LogP contribution in [0.1, 0.15) is 42.1 Å². The third-order valence-electron chi connectivity index (χ3n) is 3.84. The number of aryl methyl sites for hydroxylation is 1. The third-order valence-corrected chi connectivity index (χ3v) is 3.84. The van der Waals surface area contributed by atoms with Crippen molar-refractivity contribution in [1.29, 1.82) is 0 Å². The smallest absolute Gasteiger partial charge is 0.335 e. The number of carboxylic acid groups (broad SMARTS) is 1. The lowest BCUT2D eigenvalue weighted by molar-refractivity contribution is -0.122. The first-order valence-electron chi connectivity index (χ1n) is 6.83. The predicted octanol–water partition coefficient (Wildman–Crippen LogP) is 2.16. The first-order valence-corrected chi connectivity index (χ1v) is 6.83. The number of aromatic carboxylic acids is 1. The van der Waals surface area contributed by atoms with Gasteiger partial charge in [-0.25, -0.2) is 4.79 Å². The van der Waals surface area contributed by atoms with Crippen molar-refractivity contribution in [2.75, 3.05) is 11.9 Å². The fourth-order valence-electron chi connectivity index (χ4n) is 2.45. The van der Waals surface area contributed by atoms with Gasteiger partial charge in [0.25, 0.3) is 0 Å². The lowest BCUT2D eigenvalue weighted by Crippen LogP contribution is -2.54. The largest absolute Gasteiger partial charge is 0.478 e. The van der Waals surface area contributed by atoms with Gasteiger partial charge in [0.15, 0.2) is 0 Å². The van der Waals surface area contributed by atoms with Crippen molar-refractivity contribution in [3.63, 3.8) is 0 Å². The van der Waals surface area contributed by atoms with Gasteiger partial charge in [-0.15, -0.1) is 0 Å². The molecule has 0 spiro atoms. The van der Waals surface area contributed by atoms with E-state index in [4.69, 9.17) is 5.11 Å². The molecule has 0 radical (unpaired) electrons. The number of hydrogen-bond acceptors (Lipinski definition) is 3. The summed E-state index contributed by atoms with van der Waals surface area (Å²) in [5.74, 6) is -1.03. The van der Waals surface area contributed by atoms with E-state index in [-0.39, 0.29) is 11.5 Å². The van der Waals surface area contributed by atoms with Crippen LogP contribution in [-0.4, -0.2) is 29.1 Å². The molecule has 1 saturated heterocycles. The Morgan fingerprint density at radius 2 is 2.10 bits per heavy atom. The molecule has 3 N–H and O–H groups in total. The number of piperidine rings is 1. The Balaban J connectivity index is 2.13. The molecule has 2 rings (SSSR count). The fourth-order valence-corrected chi connectivity index (χ4v) is 2.45. The maximum absolute atomic E-state index is 12.4. The quantitative estimate of drug-likeness (QED) is 0.790. The minimum Gasteiger partial charge on any atom is -0.478 e. The Labute approximate surface area is 118 Å². The molecule has 0 saturated carbocycles. The first-order chi connectivity index (χ1) is 9.42. The molecule has 0 aromatic heterocycles. The average Bonchev–Trinajstić information content (AvgIpc) is 2.41. The Morgan fingerprint density at radius 3 is 2.65 bits per heavy atom. The van der Waals surface area contributed by atoms with Crippen molar-refractivity contribution in [3.8, 4) is 0 Å². The first kappa shape index (κ1) is 14.5. The molecule has 1 atom stereocenters. The second-order valence-corrected chi connectivity index (χ2v) is 5.50. The summed E-state index contributed by atoms with van der Waals surface area (Å²) in [6, 6.07) is 4.71. The standard InChI is InChI=1S/C15H20N2O3/c1-10-9-11(13(18)19)5-6-12(10)17-14(20)15(2)7-3-4-8-16-15/h5-6,9,16H,3-4,7-8H2,1-2H3,(H,17,20)(H,18,19). The van der Waals surface area contributed by atoms with Gasteiger partial charge in [-0.1, -0.05) is 0 Å². The molecule has 20 heavy (non-hydrogen) atoms. The highest BCUT2D eigenvalue weighted by atomic mass is 16.4. The number of carbonyl (C=O) groups excluding carboxylic acids is 1. The number of hydrogen-bond donors (Lipinski definition) is 3. The van der Waals surface area contributed by atoms with E-state index in [0.29, 0.717) is 5.69 Å². The molecule has 1 heterocycles. The molecule has 1 aliphatic heterocycles. The Hall–Kier alpha value is -1.88. The van der Waals surface area contributed by atoms with Crippen molar-refractivity contribution in [3.05, 3.63) is 29.3 Å². The highest BCUT2D eigenvalue weighted by Crippen LogP contribution is 2.23. The van der Waals surface area contributed by atoms with E-state index in [9.17, 15) is 9.59 Å². The topological polar surface area (TPSA) is 78.4 Å². The van der Waals surface area contributed by atoms with Crippen LogP contribution in [0.3, 0.4) is 0 Å². The molecule has 1 aromatic carbocycles. The van der Waals surface area contributed by atoms with E-state index in [1.165, 1.54) is 6.07 Å². The highest BCUT2D eigenvalue weighted by Gasteiger charge is 2.34. The molecular formula is C15H20N2O3. The molecule has 0 bridgehead atoms. The second-order valence-electron chi connectivity index (χ2n) is 5.50. The lowest BCUT2D eigenvalue weighted by Gasteiger charge is -2.33. The van der Waals surface area contributed by atoms with Gasteiger partial charge in [-0.2, -0.15) is 0 Å². The van der Waals surface area contributed by atoms with Gasteiger partial charge in [-0.05, 0) is 63.4 Å². The van der Waals surface area contributed by atoms with Gasteiger partial charge >= 0.3 is 5.97 Å². The zero-order valence-electron chi connectivity index (χ0n) is 11.8. The molecular weight excluding hydrogens is 256 g/mol. The van der Waals surface area contributed by atoms with Crippen molar-refractivity contribution >= 4 is 17.6 Å². The van der Waals surface area contributed by atoms with Gasteiger partial charge in [0.2, 0.25) is 5.91 Å². The number of amides is 1. The monoisotopic (exact) mass is 276 g/mol. The summed E-state index contributed by atoms with van der Waals surface area (Å²) in [6.07, 6.45) is 2.94. The maximum Gasteiger partial charge on any atom is 0.335 e. The van der Waals surface area contributed by atoms with Crippen LogP contribution in [0, 0.1) is 6.92 Å². The minimum absolute atomic E-state index is 0.0663. The van der Waals surface area contributed by atoms with Crippen LogP contribution < -0.4 is 10.6 Å². The van der Waals surface area contributed by atoms with Crippen LogP contribution in [0.15, 0.2) is 18.2 Å². The molecule has 0 aliphatic carbocycles. The number of benzene rings is 1. The van der Waals surface area contributed by atoms with E-state index < -0.39 is 11.5 Å². The molecule has 1 fully saturated rings. The summed E-state index contributed by atoms with van der Waals surface area (Å²) in [5, 5.41) is 15.1. The van der Waals surface area contributed by atoms with E-state index in [1.807, 2.05) is 6.92 Å². The van der Waals surface area contributed by atoms with Crippen LogP contribution >= 0.6 is 0 Å². The maximum atomic E-state index is 12.4. The summed E-state index contributed by atoms with van der Waals surface area (Å²) in [4.78, 5) is 23.3. The summed E-state index contributed by atoms with van der Waals surface area (Å²) in [6.45, 7) is 4.54. The normalized spacial score (nSPS) is 22.3. The van der Waals surface area contributed by atoms with Crippen LogP contribution in [0.4, 0.5) is 5.69 Å². The van der Waals surface area contributed by atoms with Crippen LogP contribution in [-0.2, 0) is 4.79 Å². The zero-order chi connectivity index (χ0) is 14.8. The molecule has 1 aliphatic rings. The molecule has 1 aromatic rings. The number of anilines is 1. The van der Waals surface area contributed by atoms with Gasteiger partial charge in [-0.3, -0.25) is 4.79 Å². The van der Waals surface area contributed by atoms with Gasteiger partial charge < -0.3 is 15.7 Å². The minimum atomic E-state index is -0.966. The van der Waals surface area contributed by atoms with E-state index in [1.54, 1.807) is 19.1 Å². The number of rotatable bonds is 3. The summed E-state index contributed by atoms with van der Waals surface area (Å²) >= 11 is 0. The van der Waals surface area contributed by atoms with Gasteiger partial charge in [0.1, 0.15) is 0 Å². The van der Waals surface area contributed by atoms with Crippen molar-refractivity contribution in [2.45, 2.75) is 38.6 Å². The van der Waals surface area contributed by atoms with Crippen molar-refractivity contribution < 1.29 is 14.7 Å². The SMILES string of the molecule is Cc1cc(C(=O)O)ccc1NC(=O)C1(C)CCCCN1. The molecule has 5 heteroatoms. The van der Waals surface area contributed by atoms with E-state index in [0.717, 1.165) is 31.4 Å². The predicted molar refractivity (Wildman–Crippen MR) is 77.0 cm³/mol. The molecule has 5 nitrogen and oxygen atoms in total. The van der Waals surface area contributed by atoms with E-state index >= 15 is 0 Å². The Kier molecular flexibility index (Phi) is 4.09. The van der Waals surface area contributed by atoms with Gasteiger partial charge in [0.05, 0.1) is 11.1 Å². The second kappa shape index (κ2) is 5.63. The number of carbonyl (C=O) groups is 2. The summed E-state index contributed by atoms with van der Waals surface area (Å²) < 4.78 is 0. The van der Waals surface area contributed by atoms with E-state index in [2.05, 4.69) is 10.6 Å². The summed E-state index contributed by atoms with van der Waals surface area (Å²) in [5.41, 5.74) is 1.09. The van der Waals surface area contributed by atoms with Crippen molar-refractivity contribution in [1.82, 2.24) is 5.32 Å². The number of carboxylic acids is 1. The van der Waals surface area contributed by atoms with Crippen LogP contribution in [0.5, 0.6) is 0 Å². The van der Waals surface area contributed by atoms with Gasteiger partial charge in [0, 0.05) is 5.69 Å². The average molecular weight is 276 g/mol. The Bertz CT molecular complexity index is 534. The highest BCUT2D eigenvalue weighted by molar-refractivity contribution is 5.99. The molecule has 1 amide bonds. The number of nitrogens with one attached hydrogen (secondary N) is 2. The lowest BCUT2D eigenvalue weighted by atomic mass is 9.90. The van der Waals surface area contributed by atoms with Crippen molar-refractivity contribution in [2.24, 2.45) is 0 Å². The molecule has 1 unspecified atom stereocenters. The van der Waals surface area contributed by atoms with Crippen LogP contribution in [0.2, 0.25) is 0 Å². The zero-order valence-corrected chi connectivity index (χ0v) is 11.8. The summed E-state index contributed by atoms with van der Waals surface area (Å²) in [7, 11) is 0. The molecule has 108 valence electrons. The fraction of sp³-hybridized carbons (Fsp3) is 0.467. The van der Waals surface area contributed by atoms with Crippen LogP contribution in [0.25, 0.3) is 0 Å².